The predicted molar refractivity (Wildman–Crippen MR) is 149 cm³/mol. The lowest BCUT2D eigenvalue weighted by Gasteiger charge is -2.00. The van der Waals surface area contributed by atoms with E-state index in [1.807, 2.05) is 0 Å². The minimum Gasteiger partial charge on any atom is -0.336 e. The predicted octanol–water partition coefficient (Wildman–Crippen LogP) is -2.50. The summed E-state index contributed by atoms with van der Waals surface area (Å²) in [5.41, 5.74) is 0.0634. The molecule has 0 unspecified atom stereocenters. The molecule has 3 N–H and O–H groups in total. The fourth-order valence-electron chi connectivity index (χ4n) is 4.14. The van der Waals surface area contributed by atoms with Crippen LogP contribution in [0.15, 0.2) is 35.1 Å². The normalized spacial score (nSPS) is 11.0. The zero-order chi connectivity index (χ0) is 30.5. The number of aromatic amines is 3. The molecule has 0 atom stereocenters. The smallest absolute Gasteiger partial charge is 0.332 e. The molecule has 0 aliphatic heterocycles. The van der Waals surface area contributed by atoms with Crippen LogP contribution in [0.4, 0.5) is 0 Å². The third-order valence-corrected chi connectivity index (χ3v) is 6.40. The Labute approximate surface area is 227 Å². The van der Waals surface area contributed by atoms with E-state index in [1.54, 1.807) is 46.6 Å². The fraction of sp³-hybridized carbons (Fsp3) is 0.348. The van der Waals surface area contributed by atoms with Gasteiger partial charge in [-0.25, -0.2) is 29.3 Å². The topological polar surface area (TPSA) is 218 Å². The first kappa shape index (κ1) is 28.5. The Morgan fingerprint density at radius 1 is 0.585 bits per heavy atom. The molecule has 0 spiro atoms. The van der Waals surface area contributed by atoms with Crippen molar-refractivity contribution >= 4 is 33.5 Å². The van der Waals surface area contributed by atoms with E-state index in [0.717, 1.165) is 9.13 Å². The van der Waals surface area contributed by atoms with Crippen LogP contribution < -0.4 is 33.7 Å². The van der Waals surface area contributed by atoms with E-state index >= 15 is 0 Å². The first-order valence-electron chi connectivity index (χ1n) is 12.0. The Kier molecular flexibility index (Phi) is 7.09. The van der Waals surface area contributed by atoms with Gasteiger partial charge in [-0.3, -0.25) is 42.2 Å². The molecule has 0 aliphatic rings. The van der Waals surface area contributed by atoms with Gasteiger partial charge in [0.25, 0.3) is 16.7 Å². The average molecular weight is 569 g/mol. The van der Waals surface area contributed by atoms with Crippen LogP contribution in [0.1, 0.15) is 11.6 Å². The fourth-order valence-corrected chi connectivity index (χ4v) is 4.14. The summed E-state index contributed by atoms with van der Waals surface area (Å²) in [5, 5.41) is 0. The molecule has 216 valence electrons. The molecule has 6 heterocycles. The lowest BCUT2D eigenvalue weighted by molar-refractivity contribution is 0.708. The second-order valence-corrected chi connectivity index (χ2v) is 9.30. The Morgan fingerprint density at radius 3 is 1.46 bits per heavy atom. The van der Waals surface area contributed by atoms with Crippen LogP contribution in [0, 0.1) is 13.8 Å². The summed E-state index contributed by atoms with van der Waals surface area (Å²) in [6.45, 7) is 3.48. The summed E-state index contributed by atoms with van der Waals surface area (Å²) < 4.78 is 7.69. The zero-order valence-corrected chi connectivity index (χ0v) is 23.6. The summed E-state index contributed by atoms with van der Waals surface area (Å²) in [5.74, 6) is 1.25. The zero-order valence-electron chi connectivity index (χ0n) is 23.6. The molecule has 41 heavy (non-hydrogen) atoms. The van der Waals surface area contributed by atoms with Gasteiger partial charge in [0, 0.05) is 42.3 Å². The molecule has 18 heteroatoms. The van der Waals surface area contributed by atoms with Gasteiger partial charge in [-0.05, 0) is 13.8 Å². The second-order valence-electron chi connectivity index (χ2n) is 9.30. The summed E-state index contributed by atoms with van der Waals surface area (Å²) >= 11 is 0. The molecular formula is C23H28N12O6. The molecule has 0 saturated heterocycles. The maximum absolute atomic E-state index is 11.6. The number of imidazole rings is 3. The van der Waals surface area contributed by atoms with E-state index in [9.17, 15) is 28.8 Å². The minimum atomic E-state index is -0.448. The third-order valence-electron chi connectivity index (χ3n) is 6.40. The van der Waals surface area contributed by atoms with Gasteiger partial charge in [-0.15, -0.1) is 0 Å². The number of aryl methyl sites for hydroxylation is 6. The number of nitrogens with one attached hydrogen (secondary N) is 3. The molecule has 18 nitrogen and oxygen atoms in total. The van der Waals surface area contributed by atoms with Crippen molar-refractivity contribution in [3.63, 3.8) is 0 Å². The van der Waals surface area contributed by atoms with Gasteiger partial charge in [0.2, 0.25) is 0 Å². The molecule has 0 saturated carbocycles. The Bertz CT molecular complexity index is 2220. The number of H-pyrrole nitrogens is 3. The Hall–Kier alpha value is -5.55. The van der Waals surface area contributed by atoms with Crippen molar-refractivity contribution in [2.45, 2.75) is 13.8 Å². The van der Waals surface area contributed by atoms with Crippen LogP contribution in [-0.4, -0.2) is 57.3 Å². The van der Waals surface area contributed by atoms with Crippen molar-refractivity contribution in [3.8, 4) is 0 Å². The maximum atomic E-state index is 11.6. The lowest BCUT2D eigenvalue weighted by atomic mass is 10.5. The highest BCUT2D eigenvalue weighted by atomic mass is 16.2. The van der Waals surface area contributed by atoms with Crippen LogP contribution in [0.3, 0.4) is 0 Å². The van der Waals surface area contributed by atoms with Gasteiger partial charge in [0.1, 0.15) is 22.7 Å². The summed E-state index contributed by atoms with van der Waals surface area (Å²) in [6.07, 6.45) is 1.50. The third kappa shape index (κ3) is 4.74. The van der Waals surface area contributed by atoms with Gasteiger partial charge in [0.05, 0.1) is 6.33 Å². The highest BCUT2D eigenvalue weighted by Gasteiger charge is 2.12. The molecule has 0 radical (unpaired) electrons. The van der Waals surface area contributed by atoms with Crippen molar-refractivity contribution in [2.24, 2.45) is 42.3 Å². The van der Waals surface area contributed by atoms with E-state index in [0.29, 0.717) is 45.1 Å². The molecule has 0 amide bonds. The van der Waals surface area contributed by atoms with Crippen molar-refractivity contribution in [3.05, 3.63) is 80.5 Å². The molecular weight excluding hydrogens is 540 g/mol. The highest BCUT2D eigenvalue weighted by Crippen LogP contribution is 2.03. The standard InChI is InChI=1S/2C8H10N4O2.C7H8N4O2/c2*1-4-9-5-6(10-4)11(2)8(14)12(3)7(5)13;1-10-3-8-5-4(10)6(12)9-7(13)11(5)2/h2*1-3H3,(H,9,10);3H,1-2H3,(H,9,12,13). The van der Waals surface area contributed by atoms with Gasteiger partial charge in [-0.2, -0.15) is 0 Å². The summed E-state index contributed by atoms with van der Waals surface area (Å²) in [7, 11) is 9.33. The first-order chi connectivity index (χ1) is 19.1. The van der Waals surface area contributed by atoms with Crippen molar-refractivity contribution in [2.75, 3.05) is 0 Å². The molecule has 0 aromatic carbocycles. The van der Waals surface area contributed by atoms with E-state index in [2.05, 4.69) is 29.9 Å². The first-order valence-corrected chi connectivity index (χ1v) is 12.0. The molecule has 0 aliphatic carbocycles. The molecule has 6 aromatic heterocycles. The molecule has 6 aromatic rings. The largest absolute Gasteiger partial charge is 0.336 e. The van der Waals surface area contributed by atoms with Crippen LogP contribution in [0.5, 0.6) is 0 Å². The quantitative estimate of drug-likeness (QED) is 0.176. The Balaban J connectivity index is 0.000000142. The van der Waals surface area contributed by atoms with Crippen LogP contribution in [0.2, 0.25) is 0 Å². The van der Waals surface area contributed by atoms with E-state index in [1.165, 1.54) is 34.1 Å². The monoisotopic (exact) mass is 568 g/mol. The lowest BCUT2D eigenvalue weighted by Crippen LogP contribution is -2.36. The summed E-state index contributed by atoms with van der Waals surface area (Å²) in [6, 6.07) is 0. The van der Waals surface area contributed by atoms with Crippen molar-refractivity contribution < 1.29 is 0 Å². The van der Waals surface area contributed by atoms with E-state index in [-0.39, 0.29) is 22.5 Å². The number of hydrogen-bond donors (Lipinski definition) is 3. The Morgan fingerprint density at radius 2 is 1.02 bits per heavy atom. The molecule has 0 bridgehead atoms. The average Bonchev–Trinajstić information content (AvgIpc) is 3.64. The van der Waals surface area contributed by atoms with Crippen LogP contribution >= 0.6 is 0 Å². The summed E-state index contributed by atoms with van der Waals surface area (Å²) in [4.78, 5) is 88.5. The van der Waals surface area contributed by atoms with Crippen LogP contribution in [-0.2, 0) is 42.3 Å². The van der Waals surface area contributed by atoms with Crippen LogP contribution in [0.25, 0.3) is 33.5 Å². The molecule has 0 fully saturated rings. The van der Waals surface area contributed by atoms with Gasteiger partial charge >= 0.3 is 17.1 Å². The van der Waals surface area contributed by atoms with E-state index < -0.39 is 11.2 Å². The van der Waals surface area contributed by atoms with Gasteiger partial charge < -0.3 is 14.5 Å². The van der Waals surface area contributed by atoms with E-state index in [4.69, 9.17) is 0 Å². The molecule has 6 rings (SSSR count). The number of rotatable bonds is 0. The number of hydrogen-bond acceptors (Lipinski definition) is 9. The van der Waals surface area contributed by atoms with Crippen molar-refractivity contribution in [1.82, 2.24) is 57.3 Å². The van der Waals surface area contributed by atoms with Gasteiger partial charge in [-0.1, -0.05) is 0 Å². The number of nitrogens with zero attached hydrogens (tertiary/aromatic N) is 9. The number of fused-ring (bicyclic) bond motifs is 3. The minimum absolute atomic E-state index is 0.344. The second kappa shape index (κ2) is 10.2. The highest BCUT2D eigenvalue weighted by molar-refractivity contribution is 5.70. The SMILES string of the molecule is Cc1nc2c([nH]1)c(=O)n(C)c(=O)n2C.Cc1nc2c([nH]1)c(=O)n(C)c(=O)n2C.Cn1cnc2c1c(=O)[nH]c(=O)n2C. The van der Waals surface area contributed by atoms with Gasteiger partial charge in [0.15, 0.2) is 22.5 Å². The van der Waals surface area contributed by atoms with Crippen molar-refractivity contribution in [1.29, 1.82) is 0 Å². The number of aromatic nitrogens is 12. The maximum Gasteiger partial charge on any atom is 0.332 e.